The van der Waals surface area contributed by atoms with Gasteiger partial charge in [-0.15, -0.1) is 0 Å². The number of rotatable bonds is 4. The van der Waals surface area contributed by atoms with Crippen molar-refractivity contribution in [3.8, 4) is 5.75 Å². The molecule has 0 aliphatic rings. The molecule has 0 atom stereocenters. The smallest absolute Gasteiger partial charge is 0.242 e. The Hall–Kier alpha value is -1.55. The van der Waals surface area contributed by atoms with Gasteiger partial charge >= 0.3 is 0 Å². The number of carbonyl (C=O) groups excluding carboxylic acids is 1. The molecule has 1 amide bonds. The normalized spacial score (nSPS) is 11.3. The second kappa shape index (κ2) is 5.61. The Morgan fingerprint density at radius 3 is 2.16 bits per heavy atom. The Morgan fingerprint density at radius 2 is 1.79 bits per heavy atom. The summed E-state index contributed by atoms with van der Waals surface area (Å²) in [5, 5.41) is 0. The van der Waals surface area contributed by atoms with Gasteiger partial charge in [-0.3, -0.25) is 4.79 Å². The Bertz CT molecular complexity index is 453. The van der Waals surface area contributed by atoms with Crippen LogP contribution in [0.5, 0.6) is 5.75 Å². The summed E-state index contributed by atoms with van der Waals surface area (Å²) in [6.07, 6.45) is 0. The third kappa shape index (κ3) is 3.70. The predicted molar refractivity (Wildman–Crippen MR) is 77.2 cm³/mol. The fourth-order valence-corrected chi connectivity index (χ4v) is 2.29. The van der Waals surface area contributed by atoms with E-state index in [9.17, 15) is 4.79 Å². The average Bonchev–Trinajstić information content (AvgIpc) is 2.26. The third-order valence-electron chi connectivity index (χ3n) is 3.04. The highest BCUT2D eigenvalue weighted by Crippen LogP contribution is 2.25. The molecular formula is C15H24N2O2. The van der Waals surface area contributed by atoms with Crippen LogP contribution >= 0.6 is 0 Å². The van der Waals surface area contributed by atoms with Crippen molar-refractivity contribution in [2.45, 2.75) is 39.8 Å². The third-order valence-corrected chi connectivity index (χ3v) is 3.04. The number of carbonyl (C=O) groups is 1. The molecular weight excluding hydrogens is 240 g/mol. The predicted octanol–water partition coefficient (Wildman–Crippen LogP) is 2.01. The molecule has 0 aliphatic carbocycles. The van der Waals surface area contributed by atoms with Crippen molar-refractivity contribution in [1.82, 2.24) is 4.90 Å². The first kappa shape index (κ1) is 15.5. The van der Waals surface area contributed by atoms with E-state index in [1.165, 1.54) is 0 Å². The summed E-state index contributed by atoms with van der Waals surface area (Å²) in [6.45, 7) is 7.99. The van der Waals surface area contributed by atoms with Crippen LogP contribution in [0.2, 0.25) is 0 Å². The molecule has 1 aromatic rings. The highest BCUT2D eigenvalue weighted by Gasteiger charge is 2.25. The Morgan fingerprint density at radius 1 is 1.32 bits per heavy atom. The van der Waals surface area contributed by atoms with Gasteiger partial charge in [-0.25, -0.2) is 0 Å². The molecule has 0 saturated heterocycles. The molecule has 0 aliphatic heterocycles. The summed E-state index contributed by atoms with van der Waals surface area (Å²) in [6, 6.07) is 4.08. The largest absolute Gasteiger partial charge is 0.496 e. The lowest BCUT2D eigenvalue weighted by molar-refractivity contribution is -0.135. The van der Waals surface area contributed by atoms with E-state index in [1.807, 2.05) is 26.0 Å². The highest BCUT2D eigenvalue weighted by molar-refractivity contribution is 5.84. The SMILES string of the molecule is COc1c(C)cc(CN(C)C(=O)C(C)(C)N)cc1C. The molecule has 4 heteroatoms. The van der Waals surface area contributed by atoms with Crippen molar-refractivity contribution < 1.29 is 9.53 Å². The van der Waals surface area contributed by atoms with Gasteiger partial charge in [0.1, 0.15) is 5.75 Å². The number of nitrogens with zero attached hydrogens (tertiary/aromatic N) is 1. The number of ether oxygens (including phenoxy) is 1. The van der Waals surface area contributed by atoms with Crippen molar-refractivity contribution in [2.24, 2.45) is 5.73 Å². The van der Waals surface area contributed by atoms with Crippen molar-refractivity contribution in [2.75, 3.05) is 14.2 Å². The van der Waals surface area contributed by atoms with Gasteiger partial charge in [0.25, 0.3) is 0 Å². The van der Waals surface area contributed by atoms with E-state index in [0.29, 0.717) is 6.54 Å². The summed E-state index contributed by atoms with van der Waals surface area (Å²) >= 11 is 0. The van der Waals surface area contributed by atoms with Crippen LogP contribution in [0.15, 0.2) is 12.1 Å². The zero-order valence-corrected chi connectivity index (χ0v) is 12.7. The standard InChI is InChI=1S/C15H24N2O2/c1-10-7-12(8-11(2)13(10)19-6)9-17(5)14(18)15(3,4)16/h7-8H,9,16H2,1-6H3. The van der Waals surface area contributed by atoms with Crippen LogP contribution in [0, 0.1) is 13.8 Å². The molecule has 0 aromatic heterocycles. The Kier molecular flexibility index (Phi) is 4.58. The van der Waals surface area contributed by atoms with E-state index in [4.69, 9.17) is 10.5 Å². The first-order valence-electron chi connectivity index (χ1n) is 6.35. The molecule has 0 unspecified atom stereocenters. The van der Waals surface area contributed by atoms with Gasteiger partial charge < -0.3 is 15.4 Å². The number of aryl methyl sites for hydroxylation is 2. The van der Waals surface area contributed by atoms with Crippen molar-refractivity contribution in [3.05, 3.63) is 28.8 Å². The van der Waals surface area contributed by atoms with Gasteiger partial charge in [0.15, 0.2) is 0 Å². The quantitative estimate of drug-likeness (QED) is 0.905. The lowest BCUT2D eigenvalue weighted by atomic mass is 10.0. The minimum Gasteiger partial charge on any atom is -0.496 e. The maximum atomic E-state index is 12.0. The van der Waals surface area contributed by atoms with Crippen molar-refractivity contribution in [3.63, 3.8) is 0 Å². The van der Waals surface area contributed by atoms with Crippen LogP contribution in [-0.4, -0.2) is 30.5 Å². The van der Waals surface area contributed by atoms with Crippen LogP contribution in [0.25, 0.3) is 0 Å². The fourth-order valence-electron chi connectivity index (χ4n) is 2.29. The fraction of sp³-hybridized carbons (Fsp3) is 0.533. The Labute approximate surface area is 115 Å². The zero-order chi connectivity index (χ0) is 14.8. The van der Waals surface area contributed by atoms with Crippen molar-refractivity contribution in [1.29, 1.82) is 0 Å². The number of nitrogens with two attached hydrogens (primary N) is 1. The van der Waals surface area contributed by atoms with Gasteiger partial charge in [-0.1, -0.05) is 12.1 Å². The summed E-state index contributed by atoms with van der Waals surface area (Å²) in [5.41, 5.74) is 8.21. The van der Waals surface area contributed by atoms with Gasteiger partial charge in [-0.05, 0) is 44.4 Å². The van der Waals surface area contributed by atoms with E-state index in [2.05, 4.69) is 0 Å². The molecule has 0 bridgehead atoms. The first-order chi connectivity index (χ1) is 8.66. The summed E-state index contributed by atoms with van der Waals surface area (Å²) in [7, 11) is 3.44. The number of amides is 1. The molecule has 0 radical (unpaired) electrons. The molecule has 0 spiro atoms. The summed E-state index contributed by atoms with van der Waals surface area (Å²) in [4.78, 5) is 13.7. The topological polar surface area (TPSA) is 55.6 Å². The molecule has 0 fully saturated rings. The maximum Gasteiger partial charge on any atom is 0.242 e. The number of hydrogen-bond acceptors (Lipinski definition) is 3. The van der Waals surface area contributed by atoms with Crippen LogP contribution in [0.4, 0.5) is 0 Å². The lowest BCUT2D eigenvalue weighted by Crippen LogP contribution is -2.49. The average molecular weight is 264 g/mol. The molecule has 19 heavy (non-hydrogen) atoms. The van der Waals surface area contributed by atoms with E-state index in [0.717, 1.165) is 22.4 Å². The molecule has 0 saturated carbocycles. The Balaban J connectivity index is 2.92. The van der Waals surface area contributed by atoms with Crippen molar-refractivity contribution >= 4 is 5.91 Å². The molecule has 1 aromatic carbocycles. The zero-order valence-electron chi connectivity index (χ0n) is 12.7. The molecule has 4 nitrogen and oxygen atoms in total. The van der Waals surface area contributed by atoms with Gasteiger partial charge in [0.2, 0.25) is 5.91 Å². The van der Waals surface area contributed by atoms with Crippen LogP contribution in [-0.2, 0) is 11.3 Å². The molecule has 2 N–H and O–H groups in total. The monoisotopic (exact) mass is 264 g/mol. The van der Waals surface area contributed by atoms with Crippen LogP contribution < -0.4 is 10.5 Å². The van der Waals surface area contributed by atoms with E-state index in [1.54, 1.807) is 32.9 Å². The second-order valence-electron chi connectivity index (χ2n) is 5.65. The number of methoxy groups -OCH3 is 1. The number of likely N-dealkylation sites (N-methyl/N-ethyl adjacent to an activating group) is 1. The lowest BCUT2D eigenvalue weighted by Gasteiger charge is -2.26. The molecule has 1 rings (SSSR count). The second-order valence-corrected chi connectivity index (χ2v) is 5.65. The minimum atomic E-state index is -0.842. The first-order valence-corrected chi connectivity index (χ1v) is 6.35. The van der Waals surface area contributed by atoms with Gasteiger partial charge in [0.05, 0.1) is 12.6 Å². The van der Waals surface area contributed by atoms with E-state index in [-0.39, 0.29) is 5.91 Å². The minimum absolute atomic E-state index is 0.0707. The highest BCUT2D eigenvalue weighted by atomic mass is 16.5. The van der Waals surface area contributed by atoms with Crippen LogP contribution in [0.1, 0.15) is 30.5 Å². The van der Waals surface area contributed by atoms with Gasteiger partial charge in [-0.2, -0.15) is 0 Å². The molecule has 106 valence electrons. The number of benzene rings is 1. The van der Waals surface area contributed by atoms with E-state index >= 15 is 0 Å². The summed E-state index contributed by atoms with van der Waals surface area (Å²) in [5.74, 6) is 0.829. The number of hydrogen-bond donors (Lipinski definition) is 1. The maximum absolute atomic E-state index is 12.0. The summed E-state index contributed by atoms with van der Waals surface area (Å²) < 4.78 is 5.34. The van der Waals surface area contributed by atoms with E-state index < -0.39 is 5.54 Å². The van der Waals surface area contributed by atoms with Gasteiger partial charge in [0, 0.05) is 13.6 Å². The molecule has 0 heterocycles. The van der Waals surface area contributed by atoms with Crippen LogP contribution in [0.3, 0.4) is 0 Å².